The predicted octanol–water partition coefficient (Wildman–Crippen LogP) is 3.38. The average molecular weight is 653 g/mol. The molecule has 3 aromatic rings. The van der Waals surface area contributed by atoms with Gasteiger partial charge in [-0.25, -0.2) is 33.0 Å². The number of carboxylic acid groups (broad SMARTS) is 2. The van der Waals surface area contributed by atoms with Crippen LogP contribution in [0.4, 0.5) is 32.3 Å². The summed E-state index contributed by atoms with van der Waals surface area (Å²) in [6.07, 6.45) is -2.24. The summed E-state index contributed by atoms with van der Waals surface area (Å²) in [5.74, 6) is -3.99. The number of nitrogens with zero attached hydrogens (tertiary/aromatic N) is 6. The van der Waals surface area contributed by atoms with Crippen molar-refractivity contribution in [3.05, 3.63) is 60.8 Å². The van der Waals surface area contributed by atoms with Crippen LogP contribution in [0.5, 0.6) is 0 Å². The van der Waals surface area contributed by atoms with Crippen LogP contribution < -0.4 is 4.90 Å². The van der Waals surface area contributed by atoms with Crippen LogP contribution in [0.25, 0.3) is 11.3 Å². The Balaban J connectivity index is 0.000000317. The minimum Gasteiger partial charge on any atom is -0.475 e. The van der Waals surface area contributed by atoms with E-state index in [2.05, 4.69) is 31.6 Å². The second-order valence-electron chi connectivity index (χ2n) is 9.49. The number of aliphatic carboxylic acids is 2. The van der Waals surface area contributed by atoms with Gasteiger partial charge in [0.05, 0.1) is 23.7 Å². The third kappa shape index (κ3) is 8.01. The molecule has 0 amide bonds. The van der Waals surface area contributed by atoms with Gasteiger partial charge >= 0.3 is 24.3 Å². The van der Waals surface area contributed by atoms with E-state index in [9.17, 15) is 34.8 Å². The van der Waals surface area contributed by atoms with Gasteiger partial charge in [0, 0.05) is 38.6 Å². The normalized spacial score (nSPS) is 16.6. The van der Waals surface area contributed by atoms with Gasteiger partial charge in [0.1, 0.15) is 5.82 Å². The molecular weight excluding hydrogens is 626 g/mol. The first-order chi connectivity index (χ1) is 20.4. The lowest BCUT2D eigenvalue weighted by Crippen LogP contribution is -2.59. The van der Waals surface area contributed by atoms with E-state index in [0.717, 1.165) is 17.1 Å². The molecule has 0 atom stereocenters. The van der Waals surface area contributed by atoms with Crippen LogP contribution in [0.1, 0.15) is 18.7 Å². The van der Waals surface area contributed by atoms with Gasteiger partial charge < -0.3 is 19.7 Å². The van der Waals surface area contributed by atoms with E-state index < -0.39 is 39.9 Å². The number of hydrogen-bond acceptors (Lipinski definition) is 8. The number of aromatic nitrogens is 4. The largest absolute Gasteiger partial charge is 0.490 e. The summed E-state index contributed by atoms with van der Waals surface area (Å²) in [7, 11) is -3.38. The van der Waals surface area contributed by atoms with Gasteiger partial charge in [-0.2, -0.15) is 30.6 Å². The number of carboxylic acids is 2. The number of carbonyl (C=O) groups is 2. The lowest BCUT2D eigenvalue weighted by Gasteiger charge is -2.49. The molecule has 0 unspecified atom stereocenters. The molecule has 19 heteroatoms. The summed E-state index contributed by atoms with van der Waals surface area (Å²) < 4.78 is 92.8. The van der Waals surface area contributed by atoms with Crippen molar-refractivity contribution in [1.29, 1.82) is 0 Å². The molecule has 0 bridgehead atoms. The minimum absolute atomic E-state index is 0.448. The Morgan fingerprint density at radius 2 is 1.32 bits per heavy atom. The number of alkyl halides is 6. The maximum absolute atomic E-state index is 12.7. The van der Waals surface area contributed by atoms with Crippen LogP contribution in [-0.4, -0.2) is 92.6 Å². The predicted molar refractivity (Wildman–Crippen MR) is 142 cm³/mol. The monoisotopic (exact) mass is 652 g/mol. The summed E-state index contributed by atoms with van der Waals surface area (Å²) in [6.45, 7) is 2.39. The topological polar surface area (TPSA) is 159 Å². The third-order valence-electron chi connectivity index (χ3n) is 6.66. The standard InChI is InChI=1S/C21H24N6O2S.2C2HF3O2/c1-30(28,29)27-15-14-26-18(17-6-3-2-4-7-17)16-24-19(26)21(27)8-12-25(13-9-21)20-22-10-5-11-23-20;2*3-2(4,5)1(6)7/h2-7,10-11,16H,8-9,12-15H2,1H3;2*(H,6,7). The Bertz CT molecular complexity index is 1520. The van der Waals surface area contributed by atoms with E-state index in [1.54, 1.807) is 22.8 Å². The van der Waals surface area contributed by atoms with Crippen molar-refractivity contribution in [2.24, 2.45) is 0 Å². The van der Waals surface area contributed by atoms with Crippen molar-refractivity contribution in [3.63, 3.8) is 0 Å². The number of hydrogen-bond donors (Lipinski definition) is 2. The fourth-order valence-electron chi connectivity index (χ4n) is 4.82. The van der Waals surface area contributed by atoms with Gasteiger partial charge in [0.15, 0.2) is 0 Å². The number of benzene rings is 1. The number of halogens is 6. The molecule has 2 aliphatic rings. The summed E-state index contributed by atoms with van der Waals surface area (Å²) in [5, 5.41) is 14.2. The second-order valence-corrected chi connectivity index (χ2v) is 11.4. The van der Waals surface area contributed by atoms with E-state index in [0.29, 0.717) is 45.0 Å². The molecule has 1 aromatic carbocycles. The van der Waals surface area contributed by atoms with Gasteiger partial charge in [-0.15, -0.1) is 0 Å². The second kappa shape index (κ2) is 13.2. The first-order valence-corrected chi connectivity index (χ1v) is 14.4. The molecule has 0 aliphatic carbocycles. The summed E-state index contributed by atoms with van der Waals surface area (Å²) in [4.78, 5) is 33.4. The van der Waals surface area contributed by atoms with Crippen LogP contribution in [-0.2, 0) is 31.7 Å². The molecular formula is C25H26F6N6O6S. The molecule has 2 aliphatic heterocycles. The zero-order valence-corrected chi connectivity index (χ0v) is 23.6. The number of rotatable bonds is 3. The fourth-order valence-corrected chi connectivity index (χ4v) is 6.13. The van der Waals surface area contributed by atoms with Crippen LogP contribution in [0, 0.1) is 0 Å². The Labute approximate surface area is 246 Å². The molecule has 1 fully saturated rings. The molecule has 240 valence electrons. The first kappa shape index (κ1) is 34.2. The lowest BCUT2D eigenvalue weighted by molar-refractivity contribution is -0.193. The maximum Gasteiger partial charge on any atom is 0.490 e. The summed E-state index contributed by atoms with van der Waals surface area (Å²) in [5.41, 5.74) is 1.48. The van der Waals surface area contributed by atoms with Crippen molar-refractivity contribution in [2.45, 2.75) is 37.3 Å². The van der Waals surface area contributed by atoms with Gasteiger partial charge in [-0.1, -0.05) is 30.3 Å². The third-order valence-corrected chi connectivity index (χ3v) is 7.99. The number of fused-ring (bicyclic) bond motifs is 2. The van der Waals surface area contributed by atoms with Crippen LogP contribution in [0.3, 0.4) is 0 Å². The van der Waals surface area contributed by atoms with Crippen molar-refractivity contribution in [3.8, 4) is 11.3 Å². The highest BCUT2D eigenvalue weighted by Gasteiger charge is 2.51. The molecule has 2 aromatic heterocycles. The Morgan fingerprint density at radius 3 is 1.77 bits per heavy atom. The first-order valence-electron chi connectivity index (χ1n) is 12.6. The van der Waals surface area contributed by atoms with Crippen LogP contribution >= 0.6 is 0 Å². The van der Waals surface area contributed by atoms with Crippen molar-refractivity contribution >= 4 is 27.9 Å². The molecule has 12 nitrogen and oxygen atoms in total. The zero-order valence-electron chi connectivity index (χ0n) is 22.8. The van der Waals surface area contributed by atoms with Crippen LogP contribution in [0.15, 0.2) is 55.0 Å². The highest BCUT2D eigenvalue weighted by atomic mass is 32.2. The quantitative estimate of drug-likeness (QED) is 0.402. The molecule has 4 heterocycles. The highest BCUT2D eigenvalue weighted by Crippen LogP contribution is 2.44. The number of anilines is 1. The lowest BCUT2D eigenvalue weighted by atomic mass is 9.85. The molecule has 0 saturated carbocycles. The number of piperidine rings is 1. The zero-order chi connectivity index (χ0) is 32.9. The Hall–Kier alpha value is -4.26. The molecule has 44 heavy (non-hydrogen) atoms. The maximum atomic E-state index is 12.7. The SMILES string of the molecule is CS(=O)(=O)N1CCn2c(-c3ccccc3)cnc2C12CCN(c1ncccn1)CC2.O=C(O)C(F)(F)F.O=C(O)C(F)(F)F. The van der Waals surface area contributed by atoms with Crippen molar-refractivity contribution in [2.75, 3.05) is 30.8 Å². The smallest absolute Gasteiger partial charge is 0.475 e. The fraction of sp³-hybridized carbons (Fsp3) is 0.400. The Kier molecular flexibility index (Phi) is 10.2. The average Bonchev–Trinajstić information content (AvgIpc) is 3.39. The van der Waals surface area contributed by atoms with E-state index in [-0.39, 0.29) is 0 Å². The molecule has 1 spiro atoms. The van der Waals surface area contributed by atoms with E-state index in [1.165, 1.54) is 6.26 Å². The molecule has 1 saturated heterocycles. The van der Waals surface area contributed by atoms with Gasteiger partial charge in [-0.05, 0) is 24.5 Å². The van der Waals surface area contributed by atoms with E-state index in [1.807, 2.05) is 24.4 Å². The highest BCUT2D eigenvalue weighted by molar-refractivity contribution is 7.88. The van der Waals surface area contributed by atoms with E-state index in [4.69, 9.17) is 24.8 Å². The van der Waals surface area contributed by atoms with E-state index >= 15 is 0 Å². The molecule has 5 rings (SSSR count). The molecule has 2 N–H and O–H groups in total. The van der Waals surface area contributed by atoms with Crippen molar-refractivity contribution in [1.82, 2.24) is 23.8 Å². The Morgan fingerprint density at radius 1 is 0.818 bits per heavy atom. The van der Waals surface area contributed by atoms with Gasteiger partial charge in [-0.3, -0.25) is 0 Å². The van der Waals surface area contributed by atoms with Gasteiger partial charge in [0.2, 0.25) is 16.0 Å². The van der Waals surface area contributed by atoms with Gasteiger partial charge in [0.25, 0.3) is 0 Å². The molecule has 0 radical (unpaired) electrons. The summed E-state index contributed by atoms with van der Waals surface area (Å²) in [6, 6.07) is 11.9. The van der Waals surface area contributed by atoms with Crippen molar-refractivity contribution < 1.29 is 54.6 Å². The van der Waals surface area contributed by atoms with Crippen LogP contribution in [0.2, 0.25) is 0 Å². The number of sulfonamides is 1. The number of imidazole rings is 1. The summed E-state index contributed by atoms with van der Waals surface area (Å²) >= 11 is 0. The minimum atomic E-state index is -5.08.